The highest BCUT2D eigenvalue weighted by Gasteiger charge is 2.14. The first kappa shape index (κ1) is 18.7. The largest absolute Gasteiger partial charge is 0.492 e. The van der Waals surface area contributed by atoms with Crippen molar-refractivity contribution in [3.8, 4) is 5.75 Å². The standard InChI is InChI=1S/C23H23NO3/c1-24(2)14-15-27-22-13-12-18-10-6-7-11-19(18)21(22)16-20(23(25)26)17-8-4-3-5-9-17/h3-13,16H,14-15H2,1-2H3,(H,25,26)/b20-16+. The van der Waals surface area contributed by atoms with Gasteiger partial charge in [-0.15, -0.1) is 0 Å². The Morgan fingerprint density at radius 1 is 1.00 bits per heavy atom. The lowest BCUT2D eigenvalue weighted by atomic mass is 9.98. The van der Waals surface area contributed by atoms with Crippen LogP contribution in [0.3, 0.4) is 0 Å². The van der Waals surface area contributed by atoms with Gasteiger partial charge in [0, 0.05) is 12.1 Å². The van der Waals surface area contributed by atoms with E-state index >= 15 is 0 Å². The summed E-state index contributed by atoms with van der Waals surface area (Å²) in [5.74, 6) is -0.279. The lowest BCUT2D eigenvalue weighted by molar-refractivity contribution is -0.130. The molecule has 0 unspecified atom stereocenters. The fraction of sp³-hybridized carbons (Fsp3) is 0.174. The molecule has 4 heteroatoms. The van der Waals surface area contributed by atoms with Crippen LogP contribution in [0.5, 0.6) is 5.75 Å². The van der Waals surface area contributed by atoms with Crippen molar-refractivity contribution in [2.24, 2.45) is 0 Å². The van der Waals surface area contributed by atoms with Gasteiger partial charge in [-0.2, -0.15) is 0 Å². The van der Waals surface area contributed by atoms with Crippen LogP contribution < -0.4 is 4.74 Å². The molecule has 0 aliphatic carbocycles. The molecule has 27 heavy (non-hydrogen) atoms. The first-order valence-electron chi connectivity index (χ1n) is 8.86. The molecule has 0 atom stereocenters. The Morgan fingerprint density at radius 2 is 1.70 bits per heavy atom. The molecule has 0 saturated heterocycles. The van der Waals surface area contributed by atoms with E-state index in [1.54, 1.807) is 18.2 Å². The van der Waals surface area contributed by atoms with Crippen LogP contribution in [0.1, 0.15) is 11.1 Å². The SMILES string of the molecule is CN(C)CCOc1ccc2ccccc2c1/C=C(/C(=O)O)c1ccccc1. The van der Waals surface area contributed by atoms with Gasteiger partial charge in [-0.25, -0.2) is 4.79 Å². The molecule has 1 N–H and O–H groups in total. The van der Waals surface area contributed by atoms with E-state index in [2.05, 4.69) is 0 Å². The van der Waals surface area contributed by atoms with E-state index in [1.165, 1.54) is 0 Å². The first-order valence-corrected chi connectivity index (χ1v) is 8.86. The molecule has 0 heterocycles. The molecule has 3 rings (SSSR count). The highest BCUT2D eigenvalue weighted by atomic mass is 16.5. The number of hydrogen-bond acceptors (Lipinski definition) is 3. The summed E-state index contributed by atoms with van der Waals surface area (Å²) < 4.78 is 5.99. The van der Waals surface area contributed by atoms with Crippen LogP contribution >= 0.6 is 0 Å². The van der Waals surface area contributed by atoms with Crippen molar-refractivity contribution in [1.82, 2.24) is 4.90 Å². The molecule has 0 aliphatic rings. The quantitative estimate of drug-likeness (QED) is 0.500. The molecule has 0 bridgehead atoms. The second-order valence-corrected chi connectivity index (χ2v) is 6.58. The van der Waals surface area contributed by atoms with Gasteiger partial charge >= 0.3 is 5.97 Å². The highest BCUT2D eigenvalue weighted by Crippen LogP contribution is 2.32. The third-order valence-electron chi connectivity index (χ3n) is 4.33. The van der Waals surface area contributed by atoms with Crippen LogP contribution in [0.2, 0.25) is 0 Å². The molecular weight excluding hydrogens is 338 g/mol. The van der Waals surface area contributed by atoms with E-state index in [1.807, 2.05) is 73.6 Å². The number of ether oxygens (including phenoxy) is 1. The summed E-state index contributed by atoms with van der Waals surface area (Å²) >= 11 is 0. The predicted molar refractivity (Wildman–Crippen MR) is 110 cm³/mol. The molecule has 0 aromatic heterocycles. The van der Waals surface area contributed by atoms with E-state index in [0.29, 0.717) is 17.9 Å². The van der Waals surface area contributed by atoms with E-state index < -0.39 is 5.97 Å². The lowest BCUT2D eigenvalue weighted by Gasteiger charge is -2.15. The average Bonchev–Trinajstić information content (AvgIpc) is 2.67. The molecule has 3 aromatic rings. The van der Waals surface area contributed by atoms with Crippen molar-refractivity contribution in [2.45, 2.75) is 0 Å². The van der Waals surface area contributed by atoms with Crippen molar-refractivity contribution in [3.05, 3.63) is 77.9 Å². The van der Waals surface area contributed by atoms with Gasteiger partial charge < -0.3 is 14.7 Å². The zero-order chi connectivity index (χ0) is 19.2. The maximum atomic E-state index is 11.9. The van der Waals surface area contributed by atoms with Gasteiger partial charge in [0.05, 0.1) is 5.57 Å². The van der Waals surface area contributed by atoms with Gasteiger partial charge in [-0.1, -0.05) is 60.7 Å². The Balaban J connectivity index is 2.13. The number of carboxylic acid groups (broad SMARTS) is 1. The summed E-state index contributed by atoms with van der Waals surface area (Å²) in [5, 5.41) is 11.8. The highest BCUT2D eigenvalue weighted by molar-refractivity contribution is 6.21. The second kappa shape index (κ2) is 8.52. The number of carbonyl (C=O) groups is 1. The zero-order valence-electron chi connectivity index (χ0n) is 15.6. The van der Waals surface area contributed by atoms with Crippen LogP contribution in [0.25, 0.3) is 22.4 Å². The fourth-order valence-corrected chi connectivity index (χ4v) is 2.92. The van der Waals surface area contributed by atoms with Crippen molar-refractivity contribution >= 4 is 28.4 Å². The molecule has 0 fully saturated rings. The molecular formula is C23H23NO3. The molecule has 0 aliphatic heterocycles. The van der Waals surface area contributed by atoms with Crippen LogP contribution in [-0.4, -0.2) is 43.2 Å². The molecule has 0 spiro atoms. The predicted octanol–water partition coefficient (Wildman–Crippen LogP) is 4.41. The summed E-state index contributed by atoms with van der Waals surface area (Å²) in [7, 11) is 3.98. The smallest absolute Gasteiger partial charge is 0.336 e. The van der Waals surface area contributed by atoms with Crippen LogP contribution in [0.15, 0.2) is 66.7 Å². The summed E-state index contributed by atoms with van der Waals surface area (Å²) in [6.07, 6.45) is 1.71. The zero-order valence-corrected chi connectivity index (χ0v) is 15.6. The maximum absolute atomic E-state index is 11.9. The number of aliphatic carboxylic acids is 1. The Kier molecular flexibility index (Phi) is 5.89. The summed E-state index contributed by atoms with van der Waals surface area (Å²) in [4.78, 5) is 14.0. The van der Waals surface area contributed by atoms with Crippen molar-refractivity contribution in [3.63, 3.8) is 0 Å². The Morgan fingerprint density at radius 3 is 2.41 bits per heavy atom. The van der Waals surface area contributed by atoms with Gasteiger partial charge in [-0.05, 0) is 42.6 Å². The molecule has 0 radical (unpaired) electrons. The monoisotopic (exact) mass is 361 g/mol. The molecule has 138 valence electrons. The maximum Gasteiger partial charge on any atom is 0.336 e. The van der Waals surface area contributed by atoms with Crippen molar-refractivity contribution < 1.29 is 14.6 Å². The summed E-state index contributed by atoms with van der Waals surface area (Å²) in [5.41, 5.74) is 1.69. The minimum atomic E-state index is -0.964. The molecule has 4 nitrogen and oxygen atoms in total. The molecule has 0 amide bonds. The number of rotatable bonds is 7. The number of hydrogen-bond donors (Lipinski definition) is 1. The Hall–Kier alpha value is -3.11. The van der Waals surface area contributed by atoms with Gasteiger partial charge in [0.1, 0.15) is 12.4 Å². The summed E-state index contributed by atoms with van der Waals surface area (Å²) in [6.45, 7) is 1.31. The normalized spacial score (nSPS) is 11.7. The van der Waals surface area contributed by atoms with Crippen LogP contribution in [0.4, 0.5) is 0 Å². The average molecular weight is 361 g/mol. The first-order chi connectivity index (χ1) is 13.1. The van der Waals surface area contributed by atoms with Gasteiger partial charge in [0.25, 0.3) is 0 Å². The Labute approximate surface area is 159 Å². The van der Waals surface area contributed by atoms with E-state index in [4.69, 9.17) is 4.74 Å². The second-order valence-electron chi connectivity index (χ2n) is 6.58. The van der Waals surface area contributed by atoms with E-state index in [-0.39, 0.29) is 5.57 Å². The number of nitrogens with zero attached hydrogens (tertiary/aromatic N) is 1. The third-order valence-corrected chi connectivity index (χ3v) is 4.33. The minimum Gasteiger partial charge on any atom is -0.492 e. The van der Waals surface area contributed by atoms with E-state index in [0.717, 1.165) is 22.9 Å². The number of fused-ring (bicyclic) bond motifs is 1. The van der Waals surface area contributed by atoms with Crippen LogP contribution in [-0.2, 0) is 4.79 Å². The van der Waals surface area contributed by atoms with E-state index in [9.17, 15) is 9.90 Å². The number of likely N-dealkylation sites (N-methyl/N-ethyl adjacent to an activating group) is 1. The summed E-state index contributed by atoms with van der Waals surface area (Å²) in [6, 6.07) is 21.0. The fourth-order valence-electron chi connectivity index (χ4n) is 2.92. The molecule has 0 saturated carbocycles. The Bertz CT molecular complexity index is 962. The van der Waals surface area contributed by atoms with Gasteiger partial charge in [-0.3, -0.25) is 0 Å². The number of benzene rings is 3. The topological polar surface area (TPSA) is 49.8 Å². The van der Waals surface area contributed by atoms with Gasteiger partial charge in [0.15, 0.2) is 0 Å². The third kappa shape index (κ3) is 4.54. The van der Waals surface area contributed by atoms with Crippen molar-refractivity contribution in [1.29, 1.82) is 0 Å². The number of carboxylic acids is 1. The van der Waals surface area contributed by atoms with Crippen LogP contribution in [0, 0.1) is 0 Å². The van der Waals surface area contributed by atoms with Crippen molar-refractivity contribution in [2.75, 3.05) is 27.2 Å². The van der Waals surface area contributed by atoms with Gasteiger partial charge in [0.2, 0.25) is 0 Å². The minimum absolute atomic E-state index is 0.240. The molecule has 3 aromatic carbocycles. The lowest BCUT2D eigenvalue weighted by Crippen LogP contribution is -2.19.